The van der Waals surface area contributed by atoms with Crippen molar-refractivity contribution in [2.45, 2.75) is 20.4 Å². The van der Waals surface area contributed by atoms with Crippen molar-refractivity contribution in [1.82, 2.24) is 14.8 Å². The molecule has 0 amide bonds. The number of aromatic nitrogens is 3. The van der Waals surface area contributed by atoms with Gasteiger partial charge in [-0.15, -0.1) is 11.3 Å². The highest BCUT2D eigenvalue weighted by atomic mass is 32.1. The van der Waals surface area contributed by atoms with Crippen LogP contribution in [-0.4, -0.2) is 27.3 Å². The molecule has 0 N–H and O–H groups in total. The molecule has 0 unspecified atom stereocenters. The number of rotatable bonds is 4. The molecule has 0 radical (unpaired) electrons. The van der Waals surface area contributed by atoms with E-state index in [1.165, 1.54) is 6.20 Å². The molecular weight excluding hydrogens is 238 g/mol. The molecule has 0 fully saturated rings. The predicted octanol–water partition coefficient (Wildman–Crippen LogP) is 1.87. The summed E-state index contributed by atoms with van der Waals surface area (Å²) < 4.78 is 6.57. The number of carbonyl (C=O) groups is 1. The first kappa shape index (κ1) is 11.8. The first-order valence-corrected chi connectivity index (χ1v) is 6.17. The fraction of sp³-hybridized carbons (Fsp3) is 0.364. The van der Waals surface area contributed by atoms with Gasteiger partial charge < -0.3 is 4.74 Å². The summed E-state index contributed by atoms with van der Waals surface area (Å²) in [5.41, 5.74) is 1.42. The Morgan fingerprint density at radius 3 is 3.06 bits per heavy atom. The SMILES string of the molecule is CCOC(=O)c1cnn(Cc2csc(C)n2)c1. The molecule has 0 aromatic carbocycles. The molecule has 90 valence electrons. The van der Waals surface area contributed by atoms with Crippen LogP contribution in [0, 0.1) is 6.92 Å². The van der Waals surface area contributed by atoms with Crippen molar-refractivity contribution >= 4 is 17.3 Å². The zero-order valence-electron chi connectivity index (χ0n) is 9.71. The molecule has 2 aromatic heterocycles. The van der Waals surface area contributed by atoms with Crippen LogP contribution in [-0.2, 0) is 11.3 Å². The maximum absolute atomic E-state index is 11.4. The molecule has 0 aliphatic rings. The van der Waals surface area contributed by atoms with E-state index in [0.717, 1.165) is 10.7 Å². The van der Waals surface area contributed by atoms with Gasteiger partial charge in [0, 0.05) is 11.6 Å². The molecule has 6 heteroatoms. The molecule has 0 bridgehead atoms. The minimum absolute atomic E-state index is 0.340. The molecule has 17 heavy (non-hydrogen) atoms. The largest absolute Gasteiger partial charge is 0.462 e. The van der Waals surface area contributed by atoms with Crippen LogP contribution in [0.5, 0.6) is 0 Å². The lowest BCUT2D eigenvalue weighted by molar-refractivity contribution is 0.0526. The van der Waals surface area contributed by atoms with Gasteiger partial charge in [0.05, 0.1) is 35.6 Å². The van der Waals surface area contributed by atoms with E-state index < -0.39 is 0 Å². The standard InChI is InChI=1S/C11H13N3O2S/c1-3-16-11(15)9-4-12-14(5-9)6-10-7-17-8(2)13-10/h4-5,7H,3,6H2,1-2H3. The van der Waals surface area contributed by atoms with Crippen molar-refractivity contribution in [2.75, 3.05) is 6.61 Å². The topological polar surface area (TPSA) is 57.0 Å². The Morgan fingerprint density at radius 1 is 1.59 bits per heavy atom. The maximum atomic E-state index is 11.4. The number of thiazole rings is 1. The highest BCUT2D eigenvalue weighted by molar-refractivity contribution is 7.09. The van der Waals surface area contributed by atoms with E-state index in [2.05, 4.69) is 10.1 Å². The third-order valence-corrected chi connectivity index (χ3v) is 2.96. The summed E-state index contributed by atoms with van der Waals surface area (Å²) in [5, 5.41) is 7.12. The van der Waals surface area contributed by atoms with Crippen LogP contribution >= 0.6 is 11.3 Å². The lowest BCUT2D eigenvalue weighted by Gasteiger charge is -1.97. The minimum atomic E-state index is -0.340. The van der Waals surface area contributed by atoms with Gasteiger partial charge in [0.2, 0.25) is 0 Å². The molecule has 0 saturated heterocycles. The highest BCUT2D eigenvalue weighted by Gasteiger charge is 2.09. The average molecular weight is 251 g/mol. The summed E-state index contributed by atoms with van der Waals surface area (Å²) >= 11 is 1.60. The van der Waals surface area contributed by atoms with Crippen LogP contribution in [0.25, 0.3) is 0 Å². The molecule has 2 rings (SSSR count). The highest BCUT2D eigenvalue weighted by Crippen LogP contribution is 2.10. The van der Waals surface area contributed by atoms with Gasteiger partial charge in [0.1, 0.15) is 0 Å². The lowest BCUT2D eigenvalue weighted by Crippen LogP contribution is -2.04. The molecular formula is C11H13N3O2S. The van der Waals surface area contributed by atoms with Crippen molar-refractivity contribution in [3.63, 3.8) is 0 Å². The van der Waals surface area contributed by atoms with Gasteiger partial charge in [-0.2, -0.15) is 5.10 Å². The van der Waals surface area contributed by atoms with Gasteiger partial charge in [0.15, 0.2) is 0 Å². The van der Waals surface area contributed by atoms with Crippen LogP contribution in [0.2, 0.25) is 0 Å². The number of aryl methyl sites for hydroxylation is 1. The monoisotopic (exact) mass is 251 g/mol. The third kappa shape index (κ3) is 2.91. The third-order valence-electron chi connectivity index (χ3n) is 2.13. The van der Waals surface area contributed by atoms with E-state index in [-0.39, 0.29) is 5.97 Å². The molecule has 2 heterocycles. The van der Waals surface area contributed by atoms with Crippen LogP contribution in [0.15, 0.2) is 17.8 Å². The van der Waals surface area contributed by atoms with E-state index >= 15 is 0 Å². The second kappa shape index (κ2) is 5.09. The Hall–Kier alpha value is -1.69. The van der Waals surface area contributed by atoms with Crippen molar-refractivity contribution in [2.24, 2.45) is 0 Å². The molecule has 0 saturated carbocycles. The number of esters is 1. The van der Waals surface area contributed by atoms with E-state index in [1.54, 1.807) is 29.1 Å². The van der Waals surface area contributed by atoms with Crippen LogP contribution in [0.1, 0.15) is 28.0 Å². The zero-order valence-corrected chi connectivity index (χ0v) is 10.5. The number of hydrogen-bond acceptors (Lipinski definition) is 5. The Balaban J connectivity index is 2.06. The van der Waals surface area contributed by atoms with Crippen LogP contribution in [0.3, 0.4) is 0 Å². The van der Waals surface area contributed by atoms with E-state index in [0.29, 0.717) is 18.7 Å². The van der Waals surface area contributed by atoms with Gasteiger partial charge >= 0.3 is 5.97 Å². The van der Waals surface area contributed by atoms with Crippen molar-refractivity contribution in [3.05, 3.63) is 34.0 Å². The maximum Gasteiger partial charge on any atom is 0.341 e. The number of carbonyl (C=O) groups excluding carboxylic acids is 1. The second-order valence-electron chi connectivity index (χ2n) is 3.50. The van der Waals surface area contributed by atoms with Gasteiger partial charge in [-0.25, -0.2) is 9.78 Å². The number of nitrogens with zero attached hydrogens (tertiary/aromatic N) is 3. The fourth-order valence-electron chi connectivity index (χ4n) is 1.42. The molecule has 0 atom stereocenters. The Bertz CT molecular complexity index is 518. The second-order valence-corrected chi connectivity index (χ2v) is 4.57. The number of ether oxygens (including phenoxy) is 1. The first-order chi connectivity index (χ1) is 8.19. The Labute approximate surface area is 103 Å². The van der Waals surface area contributed by atoms with Crippen molar-refractivity contribution in [3.8, 4) is 0 Å². The molecule has 0 spiro atoms. The smallest absolute Gasteiger partial charge is 0.341 e. The summed E-state index contributed by atoms with van der Waals surface area (Å²) in [7, 11) is 0. The summed E-state index contributed by atoms with van der Waals surface area (Å²) in [4.78, 5) is 15.8. The minimum Gasteiger partial charge on any atom is -0.462 e. The Kier molecular flexibility index (Phi) is 3.53. The van der Waals surface area contributed by atoms with E-state index in [9.17, 15) is 4.79 Å². The van der Waals surface area contributed by atoms with Gasteiger partial charge in [-0.3, -0.25) is 4.68 Å². The van der Waals surface area contributed by atoms with E-state index in [1.807, 2.05) is 12.3 Å². The number of hydrogen-bond donors (Lipinski definition) is 0. The fourth-order valence-corrected chi connectivity index (χ4v) is 2.02. The van der Waals surface area contributed by atoms with E-state index in [4.69, 9.17) is 4.74 Å². The van der Waals surface area contributed by atoms with Gasteiger partial charge in [0.25, 0.3) is 0 Å². The van der Waals surface area contributed by atoms with Crippen molar-refractivity contribution in [1.29, 1.82) is 0 Å². The first-order valence-electron chi connectivity index (χ1n) is 5.29. The summed E-state index contributed by atoms with van der Waals surface area (Å²) in [5.74, 6) is -0.340. The Morgan fingerprint density at radius 2 is 2.41 bits per heavy atom. The summed E-state index contributed by atoms with van der Waals surface area (Å²) in [6.45, 7) is 4.68. The van der Waals surface area contributed by atoms with Crippen LogP contribution < -0.4 is 0 Å². The molecule has 5 nitrogen and oxygen atoms in total. The quantitative estimate of drug-likeness (QED) is 0.778. The molecule has 0 aliphatic carbocycles. The van der Waals surface area contributed by atoms with Gasteiger partial charge in [-0.05, 0) is 13.8 Å². The normalized spacial score (nSPS) is 10.5. The summed E-state index contributed by atoms with van der Waals surface area (Å²) in [6, 6.07) is 0. The van der Waals surface area contributed by atoms with Crippen LogP contribution in [0.4, 0.5) is 0 Å². The average Bonchev–Trinajstić information content (AvgIpc) is 2.89. The summed E-state index contributed by atoms with van der Waals surface area (Å²) in [6.07, 6.45) is 3.18. The molecule has 2 aromatic rings. The zero-order chi connectivity index (χ0) is 12.3. The lowest BCUT2D eigenvalue weighted by atomic mass is 10.4. The molecule has 0 aliphatic heterocycles. The predicted molar refractivity (Wildman–Crippen MR) is 64.1 cm³/mol. The van der Waals surface area contributed by atoms with Crippen molar-refractivity contribution < 1.29 is 9.53 Å². The van der Waals surface area contributed by atoms with Gasteiger partial charge in [-0.1, -0.05) is 0 Å².